The number of rotatable bonds is 7. The second kappa shape index (κ2) is 12.2. The van der Waals surface area contributed by atoms with Crippen LogP contribution in [-0.2, 0) is 4.57 Å². The molecule has 0 saturated carbocycles. The summed E-state index contributed by atoms with van der Waals surface area (Å²) < 4.78 is 13.7. The Labute approximate surface area is 198 Å². The standard InChI is InChI=1S/C30H31O2P/c1-3-5-20-33(32,21-6-4-2)30-15-9-13-28(24-30)19-17-26-11-7-10-25(22-26)16-18-27-12-8-14-29(31)23-27/h7-15,22-24,31H,3-6,20-21H2,1-2H3. The second-order valence-electron chi connectivity index (χ2n) is 8.23. The lowest BCUT2D eigenvalue weighted by Gasteiger charge is -2.18. The lowest BCUT2D eigenvalue weighted by molar-refractivity contribution is 0.475. The minimum absolute atomic E-state index is 0.206. The van der Waals surface area contributed by atoms with Crippen molar-refractivity contribution in [2.45, 2.75) is 39.5 Å². The Morgan fingerprint density at radius 2 is 1.12 bits per heavy atom. The van der Waals surface area contributed by atoms with Crippen molar-refractivity contribution >= 4 is 12.4 Å². The third-order valence-electron chi connectivity index (χ3n) is 5.47. The molecule has 0 aromatic heterocycles. The summed E-state index contributed by atoms with van der Waals surface area (Å²) in [7, 11) is -2.38. The smallest absolute Gasteiger partial charge is 0.116 e. The molecule has 168 valence electrons. The van der Waals surface area contributed by atoms with E-state index in [2.05, 4.69) is 37.5 Å². The van der Waals surface area contributed by atoms with E-state index in [4.69, 9.17) is 0 Å². The highest BCUT2D eigenvalue weighted by Crippen LogP contribution is 2.46. The first-order valence-electron chi connectivity index (χ1n) is 11.6. The van der Waals surface area contributed by atoms with Crippen LogP contribution in [0.1, 0.15) is 61.8 Å². The Bertz CT molecular complexity index is 1240. The number of unbranched alkanes of at least 4 members (excludes halogenated alkanes) is 2. The summed E-state index contributed by atoms with van der Waals surface area (Å²) in [6, 6.07) is 22.7. The lowest BCUT2D eigenvalue weighted by Crippen LogP contribution is -2.11. The predicted octanol–water partition coefficient (Wildman–Crippen LogP) is 6.78. The van der Waals surface area contributed by atoms with E-state index in [1.54, 1.807) is 18.2 Å². The molecule has 0 radical (unpaired) electrons. The molecule has 3 heteroatoms. The molecule has 0 unspecified atom stereocenters. The van der Waals surface area contributed by atoms with Crippen molar-refractivity contribution in [1.82, 2.24) is 0 Å². The number of hydrogen-bond donors (Lipinski definition) is 1. The van der Waals surface area contributed by atoms with Gasteiger partial charge in [0.05, 0.1) is 0 Å². The number of aromatic hydroxyl groups is 1. The highest BCUT2D eigenvalue weighted by atomic mass is 31.2. The van der Waals surface area contributed by atoms with Gasteiger partial charge in [-0.15, -0.1) is 0 Å². The van der Waals surface area contributed by atoms with Crippen LogP contribution in [0.5, 0.6) is 5.75 Å². The number of phenols is 1. The van der Waals surface area contributed by atoms with Crippen LogP contribution in [0.15, 0.2) is 72.8 Å². The first-order chi connectivity index (χ1) is 16.0. The summed E-state index contributed by atoms with van der Waals surface area (Å²) in [4.78, 5) is 0. The normalized spacial score (nSPS) is 10.6. The van der Waals surface area contributed by atoms with Crippen molar-refractivity contribution in [2.75, 3.05) is 12.3 Å². The molecule has 0 bridgehead atoms. The van der Waals surface area contributed by atoms with Crippen LogP contribution in [0.25, 0.3) is 0 Å². The molecule has 0 aliphatic rings. The molecule has 0 spiro atoms. The molecule has 0 heterocycles. The Morgan fingerprint density at radius 3 is 1.64 bits per heavy atom. The van der Waals surface area contributed by atoms with Gasteiger partial charge in [-0.25, -0.2) is 0 Å². The summed E-state index contributed by atoms with van der Waals surface area (Å²) in [5.74, 6) is 12.9. The van der Waals surface area contributed by atoms with Gasteiger partial charge in [0.1, 0.15) is 12.9 Å². The van der Waals surface area contributed by atoms with Crippen molar-refractivity contribution < 1.29 is 9.67 Å². The summed E-state index contributed by atoms with van der Waals surface area (Å²) in [5.41, 5.74) is 3.39. The molecule has 0 atom stereocenters. The molecule has 3 aromatic carbocycles. The molecule has 0 aliphatic heterocycles. The minimum atomic E-state index is -2.38. The zero-order chi connectivity index (χ0) is 23.5. The number of phenolic OH excluding ortho intramolecular Hbond substituents is 1. The van der Waals surface area contributed by atoms with Crippen LogP contribution < -0.4 is 5.30 Å². The van der Waals surface area contributed by atoms with Gasteiger partial charge in [-0.3, -0.25) is 0 Å². The van der Waals surface area contributed by atoms with E-state index in [0.29, 0.717) is 0 Å². The summed E-state index contributed by atoms with van der Waals surface area (Å²) >= 11 is 0. The van der Waals surface area contributed by atoms with E-state index in [-0.39, 0.29) is 5.75 Å². The first-order valence-corrected chi connectivity index (χ1v) is 13.7. The van der Waals surface area contributed by atoms with E-state index < -0.39 is 7.14 Å². The molecule has 2 nitrogen and oxygen atoms in total. The van der Waals surface area contributed by atoms with Crippen LogP contribution >= 0.6 is 7.14 Å². The van der Waals surface area contributed by atoms with Crippen molar-refractivity contribution in [2.24, 2.45) is 0 Å². The molecule has 0 aliphatic carbocycles. The van der Waals surface area contributed by atoms with Gasteiger partial charge in [0.2, 0.25) is 0 Å². The largest absolute Gasteiger partial charge is 0.508 e. The monoisotopic (exact) mass is 454 g/mol. The molecule has 0 fully saturated rings. The zero-order valence-electron chi connectivity index (χ0n) is 19.5. The van der Waals surface area contributed by atoms with Gasteiger partial charge in [-0.2, -0.15) is 0 Å². The van der Waals surface area contributed by atoms with Gasteiger partial charge in [0.25, 0.3) is 0 Å². The third kappa shape index (κ3) is 7.43. The van der Waals surface area contributed by atoms with Crippen molar-refractivity contribution in [3.05, 3.63) is 95.1 Å². The van der Waals surface area contributed by atoms with Gasteiger partial charge in [0, 0.05) is 39.9 Å². The highest BCUT2D eigenvalue weighted by Gasteiger charge is 2.23. The molecule has 0 saturated heterocycles. The average Bonchev–Trinajstić information content (AvgIpc) is 2.84. The quantitative estimate of drug-likeness (QED) is 0.316. The molecular formula is C30H31O2P. The van der Waals surface area contributed by atoms with Crippen LogP contribution in [0.2, 0.25) is 0 Å². The second-order valence-corrected chi connectivity index (χ2v) is 11.4. The molecule has 3 rings (SSSR count). The fourth-order valence-corrected chi connectivity index (χ4v) is 6.71. The van der Waals surface area contributed by atoms with E-state index in [9.17, 15) is 9.67 Å². The van der Waals surface area contributed by atoms with Gasteiger partial charge in [-0.1, -0.05) is 74.6 Å². The Morgan fingerprint density at radius 1 is 0.667 bits per heavy atom. The molecule has 3 aromatic rings. The minimum Gasteiger partial charge on any atom is -0.508 e. The predicted molar refractivity (Wildman–Crippen MR) is 140 cm³/mol. The van der Waals surface area contributed by atoms with Crippen molar-refractivity contribution in [3.63, 3.8) is 0 Å². The van der Waals surface area contributed by atoms with E-state index >= 15 is 0 Å². The third-order valence-corrected chi connectivity index (χ3v) is 8.77. The van der Waals surface area contributed by atoms with Gasteiger partial charge in [-0.05, 0) is 61.4 Å². The maximum atomic E-state index is 13.7. The maximum Gasteiger partial charge on any atom is 0.116 e. The van der Waals surface area contributed by atoms with Gasteiger partial charge >= 0.3 is 0 Å². The van der Waals surface area contributed by atoms with Gasteiger partial charge < -0.3 is 9.67 Å². The van der Waals surface area contributed by atoms with Crippen molar-refractivity contribution in [1.29, 1.82) is 0 Å². The average molecular weight is 455 g/mol. The fraction of sp³-hybridized carbons (Fsp3) is 0.267. The van der Waals surface area contributed by atoms with Crippen LogP contribution in [0.3, 0.4) is 0 Å². The first kappa shape index (κ1) is 24.5. The van der Waals surface area contributed by atoms with Gasteiger partial charge in [0.15, 0.2) is 0 Å². The zero-order valence-corrected chi connectivity index (χ0v) is 20.4. The SMILES string of the molecule is CCCCP(=O)(CCCC)c1cccc(C#Cc2cccc(C#Cc3cccc(O)c3)c2)c1. The molecule has 1 N–H and O–H groups in total. The Kier molecular flexibility index (Phi) is 9.01. The molecule has 0 amide bonds. The summed E-state index contributed by atoms with van der Waals surface area (Å²) in [5, 5.41) is 10.5. The van der Waals surface area contributed by atoms with Crippen LogP contribution in [0.4, 0.5) is 0 Å². The summed E-state index contributed by atoms with van der Waals surface area (Å²) in [6.45, 7) is 4.29. The van der Waals surface area contributed by atoms with E-state index in [0.717, 1.165) is 65.6 Å². The van der Waals surface area contributed by atoms with Crippen LogP contribution in [-0.4, -0.2) is 17.4 Å². The Balaban J connectivity index is 1.82. The van der Waals surface area contributed by atoms with E-state index in [1.165, 1.54) is 0 Å². The topological polar surface area (TPSA) is 37.3 Å². The lowest BCUT2D eigenvalue weighted by atomic mass is 10.1. The fourth-order valence-electron chi connectivity index (χ4n) is 3.58. The molecular weight excluding hydrogens is 423 g/mol. The molecule has 33 heavy (non-hydrogen) atoms. The summed E-state index contributed by atoms with van der Waals surface area (Å²) in [6.07, 6.45) is 5.65. The number of benzene rings is 3. The van der Waals surface area contributed by atoms with E-state index in [1.807, 2.05) is 54.6 Å². The van der Waals surface area contributed by atoms with Crippen molar-refractivity contribution in [3.8, 4) is 29.4 Å². The highest BCUT2D eigenvalue weighted by molar-refractivity contribution is 7.71. The Hall–Kier alpha value is -3.19. The van der Waals surface area contributed by atoms with Crippen LogP contribution in [0, 0.1) is 23.7 Å². The maximum absolute atomic E-state index is 13.7. The number of hydrogen-bond acceptors (Lipinski definition) is 2.